The molecule has 0 bridgehead atoms. The number of fused-ring (bicyclic) bond motifs is 1. The van der Waals surface area contributed by atoms with Crippen molar-refractivity contribution >= 4 is 28.7 Å². The first-order chi connectivity index (χ1) is 10.2. The number of aryl methyl sites for hydroxylation is 1. The maximum absolute atomic E-state index is 5.67. The third kappa shape index (κ3) is 2.66. The van der Waals surface area contributed by atoms with Crippen molar-refractivity contribution in [1.82, 2.24) is 0 Å². The summed E-state index contributed by atoms with van der Waals surface area (Å²) in [6.45, 7) is 4.39. The molecule has 0 spiro atoms. The van der Waals surface area contributed by atoms with Gasteiger partial charge in [-0.05, 0) is 55.2 Å². The third-order valence-electron chi connectivity index (χ3n) is 4.07. The minimum absolute atomic E-state index is 0.399. The summed E-state index contributed by atoms with van der Waals surface area (Å²) in [7, 11) is 0. The number of nitrogens with one attached hydrogen (secondary N) is 1. The van der Waals surface area contributed by atoms with E-state index in [0.29, 0.717) is 6.04 Å². The summed E-state index contributed by atoms with van der Waals surface area (Å²) in [6.07, 6.45) is 2.05. The average Bonchev–Trinajstić information content (AvgIpc) is 2.83. The van der Waals surface area contributed by atoms with Crippen LogP contribution in [0.15, 0.2) is 48.5 Å². The van der Waals surface area contributed by atoms with Crippen molar-refractivity contribution in [2.75, 3.05) is 10.2 Å². The molecule has 2 aromatic rings. The molecule has 2 nitrogen and oxygen atoms in total. The highest BCUT2D eigenvalue weighted by molar-refractivity contribution is 7.80. The molecule has 21 heavy (non-hydrogen) atoms. The molecule has 3 rings (SSSR count). The number of para-hydroxylation sites is 2. The summed E-state index contributed by atoms with van der Waals surface area (Å²) < 4.78 is 0. The molecule has 1 atom stereocenters. The van der Waals surface area contributed by atoms with Gasteiger partial charge in [0.2, 0.25) is 0 Å². The fraction of sp³-hybridized carbons (Fsp3) is 0.278. The van der Waals surface area contributed by atoms with E-state index in [1.165, 1.54) is 16.8 Å². The molecule has 108 valence electrons. The van der Waals surface area contributed by atoms with Crippen LogP contribution in [0, 0.1) is 0 Å². The lowest BCUT2D eigenvalue weighted by Crippen LogP contribution is -2.39. The molecule has 0 saturated heterocycles. The van der Waals surface area contributed by atoms with Crippen LogP contribution < -0.4 is 10.2 Å². The molecular weight excluding hydrogens is 276 g/mol. The predicted molar refractivity (Wildman–Crippen MR) is 94.1 cm³/mol. The third-order valence-corrected chi connectivity index (χ3v) is 4.36. The predicted octanol–water partition coefficient (Wildman–Crippen LogP) is 4.40. The Morgan fingerprint density at radius 3 is 2.71 bits per heavy atom. The molecule has 0 radical (unpaired) electrons. The van der Waals surface area contributed by atoms with Gasteiger partial charge >= 0.3 is 0 Å². The Bertz CT molecular complexity index is 666. The molecule has 1 heterocycles. The van der Waals surface area contributed by atoms with Gasteiger partial charge in [-0.15, -0.1) is 0 Å². The SMILES string of the molecule is CCc1ccccc1NC(=S)N1c2ccccc2C[C@@H]1C. The second-order valence-corrected chi connectivity index (χ2v) is 5.88. The van der Waals surface area contributed by atoms with Crippen molar-refractivity contribution in [1.29, 1.82) is 0 Å². The Morgan fingerprint density at radius 1 is 1.19 bits per heavy atom. The Morgan fingerprint density at radius 2 is 1.90 bits per heavy atom. The lowest BCUT2D eigenvalue weighted by Gasteiger charge is -2.26. The summed E-state index contributed by atoms with van der Waals surface area (Å²) >= 11 is 5.67. The highest BCUT2D eigenvalue weighted by Gasteiger charge is 2.28. The quantitative estimate of drug-likeness (QED) is 0.827. The second kappa shape index (κ2) is 5.86. The molecular formula is C18H20N2S. The van der Waals surface area contributed by atoms with E-state index in [9.17, 15) is 0 Å². The van der Waals surface area contributed by atoms with Crippen LogP contribution >= 0.6 is 12.2 Å². The zero-order chi connectivity index (χ0) is 14.8. The number of thiocarbonyl (C=S) groups is 1. The van der Waals surface area contributed by atoms with Gasteiger partial charge in [-0.2, -0.15) is 0 Å². The van der Waals surface area contributed by atoms with Crippen LogP contribution in [0.5, 0.6) is 0 Å². The number of benzene rings is 2. The van der Waals surface area contributed by atoms with Crippen LogP contribution in [0.25, 0.3) is 0 Å². The van der Waals surface area contributed by atoms with Crippen molar-refractivity contribution in [3.63, 3.8) is 0 Å². The highest BCUT2D eigenvalue weighted by Crippen LogP contribution is 2.32. The molecule has 0 saturated carbocycles. The second-order valence-electron chi connectivity index (χ2n) is 5.49. The van der Waals surface area contributed by atoms with Crippen molar-refractivity contribution < 1.29 is 0 Å². The molecule has 0 aliphatic carbocycles. The molecule has 1 aliphatic rings. The van der Waals surface area contributed by atoms with Gasteiger partial charge in [0.05, 0.1) is 0 Å². The fourth-order valence-corrected chi connectivity index (χ4v) is 3.39. The first-order valence-electron chi connectivity index (χ1n) is 7.46. The lowest BCUT2D eigenvalue weighted by molar-refractivity contribution is 0.776. The normalized spacial score (nSPS) is 16.7. The van der Waals surface area contributed by atoms with E-state index in [-0.39, 0.29) is 0 Å². The molecule has 1 aliphatic heterocycles. The molecule has 0 unspecified atom stereocenters. The highest BCUT2D eigenvalue weighted by atomic mass is 32.1. The first kappa shape index (κ1) is 14.1. The zero-order valence-electron chi connectivity index (χ0n) is 12.5. The minimum atomic E-state index is 0.399. The summed E-state index contributed by atoms with van der Waals surface area (Å²) in [5.74, 6) is 0. The van der Waals surface area contributed by atoms with Crippen LogP contribution in [-0.2, 0) is 12.8 Å². The van der Waals surface area contributed by atoms with Gasteiger partial charge in [0, 0.05) is 17.4 Å². The summed E-state index contributed by atoms with van der Waals surface area (Å²) in [5.41, 5.74) is 5.01. The minimum Gasteiger partial charge on any atom is -0.332 e. The number of rotatable bonds is 2. The van der Waals surface area contributed by atoms with E-state index in [2.05, 4.69) is 66.5 Å². The number of anilines is 2. The molecule has 1 N–H and O–H groups in total. The van der Waals surface area contributed by atoms with Gasteiger partial charge in [-0.25, -0.2) is 0 Å². The van der Waals surface area contributed by atoms with Crippen molar-refractivity contribution in [2.24, 2.45) is 0 Å². The van der Waals surface area contributed by atoms with E-state index in [0.717, 1.165) is 23.6 Å². The summed E-state index contributed by atoms with van der Waals surface area (Å²) in [5, 5.41) is 4.22. The van der Waals surface area contributed by atoms with Crippen LogP contribution in [0.3, 0.4) is 0 Å². The lowest BCUT2D eigenvalue weighted by atomic mass is 10.1. The van der Waals surface area contributed by atoms with E-state index < -0.39 is 0 Å². The number of hydrogen-bond acceptors (Lipinski definition) is 1. The topological polar surface area (TPSA) is 15.3 Å². The van der Waals surface area contributed by atoms with Gasteiger partial charge in [-0.3, -0.25) is 0 Å². The average molecular weight is 296 g/mol. The van der Waals surface area contributed by atoms with Crippen molar-refractivity contribution in [2.45, 2.75) is 32.7 Å². The number of hydrogen-bond donors (Lipinski definition) is 1. The first-order valence-corrected chi connectivity index (χ1v) is 7.87. The van der Waals surface area contributed by atoms with E-state index in [4.69, 9.17) is 12.2 Å². The maximum atomic E-state index is 5.67. The zero-order valence-corrected chi connectivity index (χ0v) is 13.3. The van der Waals surface area contributed by atoms with Crippen LogP contribution in [0.4, 0.5) is 11.4 Å². The maximum Gasteiger partial charge on any atom is 0.178 e. The standard InChI is InChI=1S/C18H20N2S/c1-3-14-8-4-6-10-16(14)19-18(21)20-13(2)12-15-9-5-7-11-17(15)20/h4-11,13H,3,12H2,1-2H3,(H,19,21)/t13-/m0/s1. The van der Waals surface area contributed by atoms with E-state index >= 15 is 0 Å². The Labute approximate surface area is 131 Å². The van der Waals surface area contributed by atoms with Crippen LogP contribution in [0.2, 0.25) is 0 Å². The molecule has 0 aromatic heterocycles. The number of nitrogens with zero attached hydrogens (tertiary/aromatic N) is 1. The molecule has 3 heteroatoms. The molecule has 0 amide bonds. The Balaban J connectivity index is 1.86. The van der Waals surface area contributed by atoms with Crippen molar-refractivity contribution in [3.05, 3.63) is 59.7 Å². The summed E-state index contributed by atoms with van der Waals surface area (Å²) in [4.78, 5) is 2.23. The van der Waals surface area contributed by atoms with Gasteiger partial charge in [-0.1, -0.05) is 43.3 Å². The smallest absolute Gasteiger partial charge is 0.178 e. The Kier molecular flexibility index (Phi) is 3.93. The fourth-order valence-electron chi connectivity index (χ4n) is 3.00. The summed E-state index contributed by atoms with van der Waals surface area (Å²) in [6, 6.07) is 17.3. The monoisotopic (exact) mass is 296 g/mol. The van der Waals surface area contributed by atoms with Crippen molar-refractivity contribution in [3.8, 4) is 0 Å². The molecule has 2 aromatic carbocycles. The van der Waals surface area contributed by atoms with E-state index in [1.54, 1.807) is 0 Å². The van der Waals surface area contributed by atoms with Crippen LogP contribution in [-0.4, -0.2) is 11.2 Å². The van der Waals surface area contributed by atoms with E-state index in [1.807, 2.05) is 6.07 Å². The van der Waals surface area contributed by atoms with Crippen LogP contribution in [0.1, 0.15) is 25.0 Å². The van der Waals surface area contributed by atoms with Gasteiger partial charge < -0.3 is 10.2 Å². The Hall–Kier alpha value is -1.87. The van der Waals surface area contributed by atoms with Gasteiger partial charge in [0.15, 0.2) is 5.11 Å². The largest absolute Gasteiger partial charge is 0.332 e. The van der Waals surface area contributed by atoms with Gasteiger partial charge in [0.1, 0.15) is 0 Å². The van der Waals surface area contributed by atoms with Gasteiger partial charge in [0.25, 0.3) is 0 Å². The molecule has 0 fully saturated rings.